The third-order valence-electron chi connectivity index (χ3n) is 3.42. The summed E-state index contributed by atoms with van der Waals surface area (Å²) in [7, 11) is 3.08. The number of carbonyl (C=O) groups excluding carboxylic acids is 1. The van der Waals surface area contributed by atoms with Gasteiger partial charge in [0.25, 0.3) is 5.91 Å². The minimum absolute atomic E-state index is 0.217. The molecule has 1 amide bonds. The van der Waals surface area contributed by atoms with E-state index in [0.29, 0.717) is 34.7 Å². The molecule has 2 aromatic carbocycles. The predicted octanol–water partition coefficient (Wildman–Crippen LogP) is 3.80. The van der Waals surface area contributed by atoms with Crippen LogP contribution in [0.1, 0.15) is 22.8 Å². The van der Waals surface area contributed by atoms with E-state index in [2.05, 4.69) is 21.2 Å². The van der Waals surface area contributed by atoms with Crippen LogP contribution in [-0.4, -0.2) is 26.7 Å². The van der Waals surface area contributed by atoms with Crippen molar-refractivity contribution in [2.45, 2.75) is 13.5 Å². The topological polar surface area (TPSA) is 56.8 Å². The van der Waals surface area contributed by atoms with E-state index >= 15 is 0 Å². The van der Waals surface area contributed by atoms with Crippen LogP contribution in [0.4, 0.5) is 0 Å². The minimum Gasteiger partial charge on any atom is -0.495 e. The van der Waals surface area contributed by atoms with Crippen LogP contribution < -0.4 is 19.5 Å². The fraction of sp³-hybridized carbons (Fsp3) is 0.278. The SMILES string of the molecule is CCOc1ccccc1CNC(=O)c1cc(OC)c(Br)c(OC)c1. The van der Waals surface area contributed by atoms with E-state index < -0.39 is 0 Å². The molecule has 128 valence electrons. The van der Waals surface area contributed by atoms with E-state index in [-0.39, 0.29) is 5.91 Å². The number of nitrogens with one attached hydrogen (secondary N) is 1. The molecular weight excluding hydrogens is 374 g/mol. The second-order valence-electron chi connectivity index (χ2n) is 4.92. The van der Waals surface area contributed by atoms with Crippen molar-refractivity contribution in [3.05, 3.63) is 52.0 Å². The molecule has 0 saturated carbocycles. The van der Waals surface area contributed by atoms with Gasteiger partial charge in [0.2, 0.25) is 0 Å². The van der Waals surface area contributed by atoms with Crippen molar-refractivity contribution in [2.75, 3.05) is 20.8 Å². The average molecular weight is 394 g/mol. The summed E-state index contributed by atoms with van der Waals surface area (Å²) in [5, 5.41) is 2.89. The molecule has 0 atom stereocenters. The van der Waals surface area contributed by atoms with E-state index in [1.54, 1.807) is 26.4 Å². The minimum atomic E-state index is -0.217. The molecule has 0 saturated heterocycles. The van der Waals surface area contributed by atoms with Gasteiger partial charge in [-0.05, 0) is 41.1 Å². The lowest BCUT2D eigenvalue weighted by Crippen LogP contribution is -2.23. The first-order valence-electron chi connectivity index (χ1n) is 7.51. The number of benzene rings is 2. The molecule has 0 aliphatic heterocycles. The second kappa shape index (κ2) is 8.59. The molecule has 0 aromatic heterocycles. The van der Waals surface area contributed by atoms with Gasteiger partial charge in [0.1, 0.15) is 21.7 Å². The van der Waals surface area contributed by atoms with Gasteiger partial charge >= 0.3 is 0 Å². The molecule has 2 rings (SSSR count). The average Bonchev–Trinajstić information content (AvgIpc) is 2.61. The van der Waals surface area contributed by atoms with Gasteiger partial charge in [0.05, 0.1) is 20.8 Å². The predicted molar refractivity (Wildman–Crippen MR) is 96.0 cm³/mol. The number of hydrogen-bond donors (Lipinski definition) is 1. The second-order valence-corrected chi connectivity index (χ2v) is 5.71. The summed E-state index contributed by atoms with van der Waals surface area (Å²) in [6.45, 7) is 2.87. The van der Waals surface area contributed by atoms with Crippen LogP contribution in [0.25, 0.3) is 0 Å². The summed E-state index contributed by atoms with van der Waals surface area (Å²) in [6.07, 6.45) is 0. The summed E-state index contributed by atoms with van der Waals surface area (Å²) >= 11 is 3.39. The lowest BCUT2D eigenvalue weighted by molar-refractivity contribution is 0.0950. The maximum absolute atomic E-state index is 12.5. The smallest absolute Gasteiger partial charge is 0.251 e. The first kappa shape index (κ1) is 18.1. The molecule has 0 radical (unpaired) electrons. The van der Waals surface area contributed by atoms with Crippen molar-refractivity contribution >= 4 is 21.8 Å². The van der Waals surface area contributed by atoms with E-state index in [4.69, 9.17) is 14.2 Å². The first-order valence-corrected chi connectivity index (χ1v) is 8.30. The number of ether oxygens (including phenoxy) is 3. The van der Waals surface area contributed by atoms with Crippen molar-refractivity contribution in [2.24, 2.45) is 0 Å². The Labute approximate surface area is 150 Å². The van der Waals surface area contributed by atoms with Crippen molar-refractivity contribution in [1.29, 1.82) is 0 Å². The van der Waals surface area contributed by atoms with Crippen molar-refractivity contribution in [3.8, 4) is 17.2 Å². The van der Waals surface area contributed by atoms with Crippen molar-refractivity contribution in [3.63, 3.8) is 0 Å². The Balaban J connectivity index is 2.16. The number of rotatable bonds is 7. The Bertz CT molecular complexity index is 693. The molecule has 6 heteroatoms. The molecule has 0 aliphatic rings. The van der Waals surface area contributed by atoms with Gasteiger partial charge in [-0.1, -0.05) is 18.2 Å². The van der Waals surface area contributed by atoms with Crippen LogP contribution in [0.3, 0.4) is 0 Å². The Kier molecular flexibility index (Phi) is 6.49. The highest BCUT2D eigenvalue weighted by Crippen LogP contribution is 2.35. The van der Waals surface area contributed by atoms with Gasteiger partial charge < -0.3 is 19.5 Å². The quantitative estimate of drug-likeness (QED) is 0.777. The molecule has 1 N–H and O–H groups in total. The summed E-state index contributed by atoms with van der Waals surface area (Å²) < 4.78 is 16.8. The highest BCUT2D eigenvalue weighted by Gasteiger charge is 2.15. The van der Waals surface area contributed by atoms with Gasteiger partial charge in [-0.2, -0.15) is 0 Å². The Morgan fingerprint density at radius 3 is 2.29 bits per heavy atom. The fourth-order valence-corrected chi connectivity index (χ4v) is 2.78. The third-order valence-corrected chi connectivity index (χ3v) is 4.20. The highest BCUT2D eigenvalue weighted by atomic mass is 79.9. The highest BCUT2D eigenvalue weighted by molar-refractivity contribution is 9.10. The van der Waals surface area contributed by atoms with E-state index in [0.717, 1.165) is 11.3 Å². The summed E-state index contributed by atoms with van der Waals surface area (Å²) in [6, 6.07) is 11.0. The maximum atomic E-state index is 12.5. The number of carbonyl (C=O) groups is 1. The van der Waals surface area contributed by atoms with Gasteiger partial charge in [0, 0.05) is 17.7 Å². The maximum Gasteiger partial charge on any atom is 0.251 e. The summed E-state index contributed by atoms with van der Waals surface area (Å²) in [5.41, 5.74) is 1.38. The number of amides is 1. The van der Waals surface area contributed by atoms with Crippen LogP contribution in [0.5, 0.6) is 17.2 Å². The summed E-state index contributed by atoms with van der Waals surface area (Å²) in [5.74, 6) is 1.63. The molecule has 0 unspecified atom stereocenters. The molecular formula is C18H20BrNO4. The lowest BCUT2D eigenvalue weighted by Gasteiger charge is -2.13. The van der Waals surface area contributed by atoms with Gasteiger partial charge in [-0.15, -0.1) is 0 Å². The van der Waals surface area contributed by atoms with Crippen LogP contribution in [0.2, 0.25) is 0 Å². The van der Waals surface area contributed by atoms with Crippen LogP contribution in [-0.2, 0) is 6.54 Å². The summed E-state index contributed by atoms with van der Waals surface area (Å²) in [4.78, 5) is 12.5. The van der Waals surface area contributed by atoms with Crippen LogP contribution >= 0.6 is 15.9 Å². The Morgan fingerprint density at radius 1 is 1.08 bits per heavy atom. The number of hydrogen-bond acceptors (Lipinski definition) is 4. The van der Waals surface area contributed by atoms with E-state index in [1.165, 1.54) is 0 Å². The zero-order chi connectivity index (χ0) is 17.5. The van der Waals surface area contributed by atoms with Gasteiger partial charge in [-0.25, -0.2) is 0 Å². The number of methoxy groups -OCH3 is 2. The monoisotopic (exact) mass is 393 g/mol. The number of para-hydroxylation sites is 1. The molecule has 0 aliphatic carbocycles. The zero-order valence-electron chi connectivity index (χ0n) is 13.9. The van der Waals surface area contributed by atoms with Gasteiger partial charge in [0.15, 0.2) is 0 Å². The fourth-order valence-electron chi connectivity index (χ4n) is 2.22. The van der Waals surface area contributed by atoms with Crippen LogP contribution in [0, 0.1) is 0 Å². The number of halogens is 1. The van der Waals surface area contributed by atoms with Crippen LogP contribution in [0.15, 0.2) is 40.9 Å². The lowest BCUT2D eigenvalue weighted by atomic mass is 10.1. The molecule has 2 aromatic rings. The molecule has 0 fully saturated rings. The standard InChI is InChI=1S/C18H20BrNO4/c1-4-24-14-8-6-5-7-12(14)11-20-18(21)13-9-15(22-2)17(19)16(10-13)23-3/h5-10H,4,11H2,1-3H3,(H,20,21). The van der Waals surface area contributed by atoms with Crippen molar-refractivity contribution in [1.82, 2.24) is 5.32 Å². The zero-order valence-corrected chi connectivity index (χ0v) is 15.5. The van der Waals surface area contributed by atoms with Crippen molar-refractivity contribution < 1.29 is 19.0 Å². The van der Waals surface area contributed by atoms with E-state index in [1.807, 2.05) is 31.2 Å². The van der Waals surface area contributed by atoms with Gasteiger partial charge in [-0.3, -0.25) is 4.79 Å². The normalized spacial score (nSPS) is 10.2. The Hall–Kier alpha value is -2.21. The third kappa shape index (κ3) is 4.20. The molecule has 5 nitrogen and oxygen atoms in total. The largest absolute Gasteiger partial charge is 0.495 e. The Morgan fingerprint density at radius 2 is 1.71 bits per heavy atom. The molecule has 0 heterocycles. The molecule has 24 heavy (non-hydrogen) atoms. The molecule has 0 bridgehead atoms. The van der Waals surface area contributed by atoms with E-state index in [9.17, 15) is 4.79 Å². The first-order chi connectivity index (χ1) is 11.6. The molecule has 0 spiro atoms.